The topological polar surface area (TPSA) is 67.6 Å². The number of benzene rings is 1. The van der Waals surface area contributed by atoms with E-state index in [1.165, 1.54) is 6.42 Å². The quantitative estimate of drug-likeness (QED) is 0.780. The first-order valence-electron chi connectivity index (χ1n) is 8.96. The Morgan fingerprint density at radius 2 is 2.19 bits per heavy atom. The minimum absolute atomic E-state index is 0.0108. The van der Waals surface area contributed by atoms with Crippen LogP contribution in [0.1, 0.15) is 29.6 Å². The molecule has 0 radical (unpaired) electrons. The number of carbonyl (C=O) groups is 1. The highest BCUT2D eigenvalue weighted by atomic mass is 35.5. The SMILES string of the molecule is COCCNc1noc(-c2ccc(Cl)cc2)c1C(=O)N1C[C@H]2CC[C@H]1C2. The molecule has 2 fully saturated rings. The van der Waals surface area contributed by atoms with Gasteiger partial charge in [-0.15, -0.1) is 0 Å². The van der Waals surface area contributed by atoms with Crippen molar-refractivity contribution >= 4 is 23.3 Å². The molecule has 0 unspecified atom stereocenters. The van der Waals surface area contributed by atoms with Gasteiger partial charge in [-0.3, -0.25) is 4.79 Å². The molecular formula is C19H22ClN3O3. The normalized spacial score (nSPS) is 21.4. The van der Waals surface area contributed by atoms with Crippen molar-refractivity contribution in [3.05, 3.63) is 34.9 Å². The molecule has 7 heteroatoms. The van der Waals surface area contributed by atoms with Crippen LogP contribution in [0.5, 0.6) is 0 Å². The molecule has 1 aliphatic carbocycles. The Labute approximate surface area is 157 Å². The summed E-state index contributed by atoms with van der Waals surface area (Å²) in [5, 5.41) is 7.92. The first kappa shape index (κ1) is 17.4. The summed E-state index contributed by atoms with van der Waals surface area (Å²) in [4.78, 5) is 15.3. The smallest absolute Gasteiger partial charge is 0.261 e. The Hall–Kier alpha value is -2.05. The van der Waals surface area contributed by atoms with Crippen LogP contribution in [0, 0.1) is 5.92 Å². The predicted octanol–water partition coefficient (Wildman–Crippen LogP) is 3.68. The number of carbonyl (C=O) groups excluding carboxylic acids is 1. The van der Waals surface area contributed by atoms with Crippen LogP contribution >= 0.6 is 11.6 Å². The Kier molecular flexibility index (Phi) is 4.87. The number of fused-ring (bicyclic) bond motifs is 2. The lowest BCUT2D eigenvalue weighted by Crippen LogP contribution is -2.38. The van der Waals surface area contributed by atoms with Gasteiger partial charge in [-0.1, -0.05) is 16.8 Å². The van der Waals surface area contributed by atoms with E-state index >= 15 is 0 Å². The van der Waals surface area contributed by atoms with Gasteiger partial charge in [0.1, 0.15) is 5.56 Å². The lowest BCUT2D eigenvalue weighted by molar-refractivity contribution is 0.0704. The van der Waals surface area contributed by atoms with Crippen molar-refractivity contribution in [1.29, 1.82) is 0 Å². The average molecular weight is 376 g/mol. The maximum absolute atomic E-state index is 13.3. The van der Waals surface area contributed by atoms with Crippen molar-refractivity contribution in [2.24, 2.45) is 5.92 Å². The molecule has 2 atom stereocenters. The Balaban J connectivity index is 1.68. The van der Waals surface area contributed by atoms with Crippen LogP contribution in [0.3, 0.4) is 0 Å². The molecule has 1 N–H and O–H groups in total. The number of piperidine rings is 1. The van der Waals surface area contributed by atoms with Gasteiger partial charge in [-0.2, -0.15) is 0 Å². The predicted molar refractivity (Wildman–Crippen MR) is 99.5 cm³/mol. The second-order valence-corrected chi connectivity index (χ2v) is 7.39. The third-order valence-electron chi connectivity index (χ3n) is 5.28. The molecule has 2 aliphatic rings. The fourth-order valence-corrected chi connectivity index (χ4v) is 4.12. The zero-order chi connectivity index (χ0) is 18.1. The van der Waals surface area contributed by atoms with E-state index in [2.05, 4.69) is 10.5 Å². The van der Waals surface area contributed by atoms with E-state index in [0.717, 1.165) is 24.9 Å². The number of aromatic nitrogens is 1. The minimum atomic E-state index is -0.0108. The van der Waals surface area contributed by atoms with E-state index < -0.39 is 0 Å². The Morgan fingerprint density at radius 3 is 2.85 bits per heavy atom. The fourth-order valence-electron chi connectivity index (χ4n) is 4.00. The van der Waals surface area contributed by atoms with Crippen LogP contribution < -0.4 is 5.32 Å². The highest BCUT2D eigenvalue weighted by Crippen LogP contribution is 2.40. The van der Waals surface area contributed by atoms with Crippen LogP contribution in [-0.4, -0.2) is 48.8 Å². The first-order chi connectivity index (χ1) is 12.7. The molecule has 1 aromatic carbocycles. The van der Waals surface area contributed by atoms with Gasteiger partial charge in [-0.05, 0) is 49.4 Å². The van der Waals surface area contributed by atoms with Crippen molar-refractivity contribution in [2.45, 2.75) is 25.3 Å². The molecule has 4 rings (SSSR count). The molecule has 2 heterocycles. The number of ether oxygens (including phenoxy) is 1. The molecule has 2 bridgehead atoms. The maximum Gasteiger partial charge on any atom is 0.261 e. The lowest BCUT2D eigenvalue weighted by Gasteiger charge is -2.27. The highest BCUT2D eigenvalue weighted by Gasteiger charge is 2.42. The third kappa shape index (κ3) is 3.19. The van der Waals surface area contributed by atoms with Gasteiger partial charge in [0.05, 0.1) is 6.61 Å². The summed E-state index contributed by atoms with van der Waals surface area (Å²) in [7, 11) is 1.64. The second kappa shape index (κ2) is 7.29. The standard InChI is InChI=1S/C19H22ClN3O3/c1-25-9-8-21-18-16(19(24)23-11-12-2-7-15(23)10-12)17(26-22-18)13-3-5-14(20)6-4-13/h3-6,12,15H,2,7-11H2,1H3,(H,21,22)/t12-,15-/m0/s1. The molecule has 138 valence electrons. The number of amides is 1. The largest absolute Gasteiger partial charge is 0.383 e. The third-order valence-corrected chi connectivity index (χ3v) is 5.53. The second-order valence-electron chi connectivity index (χ2n) is 6.95. The van der Waals surface area contributed by atoms with Crippen molar-refractivity contribution in [1.82, 2.24) is 10.1 Å². The summed E-state index contributed by atoms with van der Waals surface area (Å²) >= 11 is 5.99. The lowest BCUT2D eigenvalue weighted by atomic mass is 10.1. The number of nitrogens with zero attached hydrogens (tertiary/aromatic N) is 2. The molecule has 1 amide bonds. The molecule has 1 saturated carbocycles. The van der Waals surface area contributed by atoms with E-state index in [-0.39, 0.29) is 5.91 Å². The number of halogens is 1. The number of anilines is 1. The number of hydrogen-bond donors (Lipinski definition) is 1. The van der Waals surface area contributed by atoms with Gasteiger partial charge >= 0.3 is 0 Å². The zero-order valence-electron chi connectivity index (χ0n) is 14.7. The van der Waals surface area contributed by atoms with Crippen LogP contribution in [0.15, 0.2) is 28.8 Å². The van der Waals surface area contributed by atoms with Crippen LogP contribution in [-0.2, 0) is 4.74 Å². The summed E-state index contributed by atoms with van der Waals surface area (Å²) in [6, 6.07) is 7.59. The Morgan fingerprint density at radius 1 is 1.38 bits per heavy atom. The van der Waals surface area contributed by atoms with E-state index in [1.807, 2.05) is 17.0 Å². The van der Waals surface area contributed by atoms with Gasteiger partial charge in [0.2, 0.25) is 0 Å². The summed E-state index contributed by atoms with van der Waals surface area (Å²) < 4.78 is 10.6. The molecular weight excluding hydrogens is 354 g/mol. The molecule has 26 heavy (non-hydrogen) atoms. The number of nitrogens with one attached hydrogen (secondary N) is 1. The highest BCUT2D eigenvalue weighted by molar-refractivity contribution is 6.30. The van der Waals surface area contributed by atoms with Crippen molar-refractivity contribution in [3.8, 4) is 11.3 Å². The molecule has 1 aromatic heterocycles. The van der Waals surface area contributed by atoms with Gasteiger partial charge < -0.3 is 19.5 Å². The van der Waals surface area contributed by atoms with E-state index in [0.29, 0.717) is 47.3 Å². The van der Waals surface area contributed by atoms with Crippen LogP contribution in [0.25, 0.3) is 11.3 Å². The first-order valence-corrected chi connectivity index (χ1v) is 9.34. The molecule has 0 spiro atoms. The molecule has 1 aliphatic heterocycles. The number of rotatable bonds is 6. The summed E-state index contributed by atoms with van der Waals surface area (Å²) in [5.41, 5.74) is 1.28. The summed E-state index contributed by atoms with van der Waals surface area (Å²) in [6.07, 6.45) is 3.42. The fraction of sp³-hybridized carbons (Fsp3) is 0.474. The summed E-state index contributed by atoms with van der Waals surface area (Å²) in [6.45, 7) is 1.90. The van der Waals surface area contributed by atoms with Gasteiger partial charge in [0.25, 0.3) is 5.91 Å². The van der Waals surface area contributed by atoms with Crippen molar-refractivity contribution < 1.29 is 14.1 Å². The van der Waals surface area contributed by atoms with E-state index in [9.17, 15) is 4.79 Å². The monoisotopic (exact) mass is 375 g/mol. The zero-order valence-corrected chi connectivity index (χ0v) is 15.5. The van der Waals surface area contributed by atoms with Crippen molar-refractivity contribution in [3.63, 3.8) is 0 Å². The van der Waals surface area contributed by atoms with Crippen LogP contribution in [0.2, 0.25) is 5.02 Å². The van der Waals surface area contributed by atoms with Gasteiger partial charge in [0.15, 0.2) is 11.6 Å². The minimum Gasteiger partial charge on any atom is -0.383 e. The number of hydrogen-bond acceptors (Lipinski definition) is 5. The average Bonchev–Trinajstić information content (AvgIpc) is 3.37. The Bertz CT molecular complexity index is 790. The number of likely N-dealkylation sites (tertiary alicyclic amines) is 1. The van der Waals surface area contributed by atoms with Gasteiger partial charge in [-0.25, -0.2) is 0 Å². The van der Waals surface area contributed by atoms with Crippen molar-refractivity contribution in [2.75, 3.05) is 32.1 Å². The van der Waals surface area contributed by atoms with E-state index in [1.54, 1.807) is 19.2 Å². The number of methoxy groups -OCH3 is 1. The summed E-state index contributed by atoms with van der Waals surface area (Å²) in [5.74, 6) is 1.57. The van der Waals surface area contributed by atoms with E-state index in [4.69, 9.17) is 20.9 Å². The van der Waals surface area contributed by atoms with Gasteiger partial charge in [0, 0.05) is 36.8 Å². The molecule has 2 aromatic rings. The molecule has 6 nitrogen and oxygen atoms in total. The van der Waals surface area contributed by atoms with Crippen LogP contribution in [0.4, 0.5) is 5.82 Å². The molecule has 1 saturated heterocycles. The maximum atomic E-state index is 13.3.